The van der Waals surface area contributed by atoms with Gasteiger partial charge in [-0.15, -0.1) is 0 Å². The van der Waals surface area contributed by atoms with Crippen LogP contribution in [-0.4, -0.2) is 48.0 Å². The third-order valence-corrected chi connectivity index (χ3v) is 5.20. The monoisotopic (exact) mass is 420 g/mol. The fourth-order valence-corrected chi connectivity index (χ4v) is 3.78. The Hall–Kier alpha value is -3.07. The molecule has 0 unspecified atom stereocenters. The summed E-state index contributed by atoms with van der Waals surface area (Å²) in [6.07, 6.45) is 0. The predicted molar refractivity (Wildman–Crippen MR) is 104 cm³/mol. The molecular formula is C19H21ClN4O5. The summed E-state index contributed by atoms with van der Waals surface area (Å²) in [5.74, 6) is -1.19. The first-order chi connectivity index (χ1) is 13.7. The van der Waals surface area contributed by atoms with Crippen molar-refractivity contribution in [2.24, 2.45) is 0 Å². The molecule has 0 bridgehead atoms. The molecule has 2 atom stereocenters. The number of carbonyl (C=O) groups excluding carboxylic acids is 4. The summed E-state index contributed by atoms with van der Waals surface area (Å²) in [7, 11) is 0. The topological polar surface area (TPSA) is 117 Å². The zero-order chi connectivity index (χ0) is 21.3. The van der Waals surface area contributed by atoms with Gasteiger partial charge in [0.1, 0.15) is 5.54 Å². The summed E-state index contributed by atoms with van der Waals surface area (Å²) in [5, 5.41) is 8.07. The van der Waals surface area contributed by atoms with Crippen LogP contribution in [0.4, 0.5) is 9.59 Å². The van der Waals surface area contributed by atoms with Crippen LogP contribution in [0.5, 0.6) is 0 Å². The molecule has 29 heavy (non-hydrogen) atoms. The molecule has 1 aromatic carbocycles. The number of carbonyl (C=O) groups is 4. The van der Waals surface area contributed by atoms with Crippen LogP contribution >= 0.6 is 11.6 Å². The lowest BCUT2D eigenvalue weighted by Crippen LogP contribution is -2.52. The Morgan fingerprint density at radius 1 is 1.28 bits per heavy atom. The second-order valence-corrected chi connectivity index (χ2v) is 7.27. The van der Waals surface area contributed by atoms with E-state index in [9.17, 15) is 19.2 Å². The molecule has 3 N–H and O–H groups in total. The Bertz CT molecular complexity index is 931. The van der Waals surface area contributed by atoms with Crippen molar-refractivity contribution >= 4 is 35.5 Å². The number of urea groups is 2. The summed E-state index contributed by atoms with van der Waals surface area (Å²) in [6, 6.07) is 4.87. The molecule has 5 amide bonds. The second-order valence-electron chi connectivity index (χ2n) is 6.86. The van der Waals surface area contributed by atoms with E-state index in [1.165, 1.54) is 0 Å². The smallest absolute Gasteiger partial charge is 0.337 e. The largest absolute Gasteiger partial charge is 0.463 e. The molecule has 0 radical (unpaired) electrons. The molecule has 10 heteroatoms. The van der Waals surface area contributed by atoms with Crippen molar-refractivity contribution in [1.29, 1.82) is 0 Å². The molecule has 2 aliphatic heterocycles. The number of nitrogens with zero attached hydrogens (tertiary/aromatic N) is 1. The third kappa shape index (κ3) is 3.65. The number of rotatable bonds is 5. The third-order valence-electron chi connectivity index (χ3n) is 4.87. The van der Waals surface area contributed by atoms with Gasteiger partial charge in [-0.05, 0) is 26.8 Å². The molecule has 1 saturated heterocycles. The van der Waals surface area contributed by atoms with E-state index in [-0.39, 0.29) is 24.4 Å². The number of esters is 1. The van der Waals surface area contributed by atoms with E-state index < -0.39 is 35.5 Å². The van der Waals surface area contributed by atoms with Crippen LogP contribution in [-0.2, 0) is 19.9 Å². The fraction of sp³-hybridized carbons (Fsp3) is 0.368. The zero-order valence-corrected chi connectivity index (χ0v) is 16.9. The average molecular weight is 421 g/mol. The minimum atomic E-state index is -1.37. The Labute approximate surface area is 172 Å². The number of nitrogens with one attached hydrogen (secondary N) is 3. The molecule has 2 heterocycles. The van der Waals surface area contributed by atoms with Gasteiger partial charge in [0.05, 0.1) is 30.5 Å². The van der Waals surface area contributed by atoms with E-state index in [2.05, 4.69) is 16.0 Å². The van der Waals surface area contributed by atoms with E-state index >= 15 is 0 Å². The van der Waals surface area contributed by atoms with Crippen LogP contribution in [0.3, 0.4) is 0 Å². The maximum absolute atomic E-state index is 13.1. The van der Waals surface area contributed by atoms with Gasteiger partial charge in [0, 0.05) is 10.6 Å². The van der Waals surface area contributed by atoms with E-state index in [1.54, 1.807) is 45.0 Å². The maximum atomic E-state index is 13.1. The minimum Gasteiger partial charge on any atom is -0.463 e. The summed E-state index contributed by atoms with van der Waals surface area (Å²) in [5.41, 5.74) is -0.641. The number of amides is 5. The quantitative estimate of drug-likeness (QED) is 0.494. The van der Waals surface area contributed by atoms with Gasteiger partial charge in [0.25, 0.3) is 5.91 Å². The van der Waals surface area contributed by atoms with Crippen molar-refractivity contribution in [3.05, 3.63) is 46.1 Å². The second kappa shape index (κ2) is 7.75. The normalized spacial score (nSPS) is 24.2. The van der Waals surface area contributed by atoms with Gasteiger partial charge in [0.2, 0.25) is 0 Å². The lowest BCUT2D eigenvalue weighted by atomic mass is 9.92. The average Bonchev–Trinajstić information content (AvgIpc) is 2.85. The highest BCUT2D eigenvalue weighted by atomic mass is 35.5. The summed E-state index contributed by atoms with van der Waals surface area (Å²) >= 11 is 6.23. The van der Waals surface area contributed by atoms with Gasteiger partial charge in [0.15, 0.2) is 0 Å². The van der Waals surface area contributed by atoms with E-state index in [0.717, 1.165) is 4.90 Å². The molecule has 3 rings (SSSR count). The molecule has 0 spiro atoms. The van der Waals surface area contributed by atoms with Crippen LogP contribution in [0, 0.1) is 0 Å². The number of halogens is 1. The highest BCUT2D eigenvalue weighted by Crippen LogP contribution is 2.34. The van der Waals surface area contributed by atoms with Gasteiger partial charge in [-0.2, -0.15) is 0 Å². The molecule has 9 nitrogen and oxygen atoms in total. The van der Waals surface area contributed by atoms with Crippen LogP contribution in [0.25, 0.3) is 0 Å². The van der Waals surface area contributed by atoms with Gasteiger partial charge in [-0.3, -0.25) is 9.69 Å². The highest BCUT2D eigenvalue weighted by molar-refractivity contribution is 6.32. The number of imide groups is 1. The summed E-state index contributed by atoms with van der Waals surface area (Å²) in [4.78, 5) is 51.0. The molecule has 0 aromatic heterocycles. The maximum Gasteiger partial charge on any atom is 0.337 e. The molecule has 1 fully saturated rings. The number of ether oxygens (including phenoxy) is 1. The molecule has 2 aliphatic rings. The Balaban J connectivity index is 1.96. The molecule has 154 valence electrons. The SMILES string of the molecule is CCOC(=O)C1=C(CN2C(=O)N[C@@](C)(c3ccccc3Cl)C2=O)NC(=O)N[C@H]1C. The molecule has 0 saturated carbocycles. The van der Waals surface area contributed by atoms with E-state index in [1.807, 2.05) is 0 Å². The first-order valence-electron chi connectivity index (χ1n) is 9.05. The predicted octanol–water partition coefficient (Wildman–Crippen LogP) is 1.63. The first-order valence-corrected chi connectivity index (χ1v) is 9.43. The van der Waals surface area contributed by atoms with Crippen molar-refractivity contribution < 1.29 is 23.9 Å². The van der Waals surface area contributed by atoms with Crippen LogP contribution < -0.4 is 16.0 Å². The van der Waals surface area contributed by atoms with Crippen molar-refractivity contribution in [1.82, 2.24) is 20.9 Å². The van der Waals surface area contributed by atoms with Crippen molar-refractivity contribution in [2.75, 3.05) is 13.2 Å². The van der Waals surface area contributed by atoms with Gasteiger partial charge < -0.3 is 20.7 Å². The number of hydrogen-bond acceptors (Lipinski definition) is 5. The van der Waals surface area contributed by atoms with E-state index in [0.29, 0.717) is 10.6 Å². The van der Waals surface area contributed by atoms with Crippen molar-refractivity contribution in [2.45, 2.75) is 32.4 Å². The highest BCUT2D eigenvalue weighted by Gasteiger charge is 2.50. The van der Waals surface area contributed by atoms with Crippen LogP contribution in [0.15, 0.2) is 35.5 Å². The van der Waals surface area contributed by atoms with Crippen LogP contribution in [0.1, 0.15) is 26.3 Å². The molecule has 1 aromatic rings. The van der Waals surface area contributed by atoms with Crippen molar-refractivity contribution in [3.63, 3.8) is 0 Å². The Morgan fingerprint density at radius 2 is 1.97 bits per heavy atom. The Morgan fingerprint density at radius 3 is 2.62 bits per heavy atom. The molecule has 0 aliphatic carbocycles. The van der Waals surface area contributed by atoms with Crippen LogP contribution in [0.2, 0.25) is 5.02 Å². The summed E-state index contributed by atoms with van der Waals surface area (Å²) in [6.45, 7) is 4.67. The standard InChI is InChI=1S/C19H21ClN4O5/c1-4-29-15(25)14-10(2)21-17(27)22-13(14)9-24-16(26)19(3,23-18(24)28)11-7-5-6-8-12(11)20/h5-8,10H,4,9H2,1-3H3,(H,23,28)(H2,21,22,27)/t10-,19-/m0/s1. The zero-order valence-electron chi connectivity index (χ0n) is 16.2. The lowest BCUT2D eigenvalue weighted by molar-refractivity contribution is -0.139. The van der Waals surface area contributed by atoms with Gasteiger partial charge in [-0.1, -0.05) is 29.8 Å². The van der Waals surface area contributed by atoms with Gasteiger partial charge in [-0.25, -0.2) is 14.4 Å². The van der Waals surface area contributed by atoms with Crippen molar-refractivity contribution in [3.8, 4) is 0 Å². The number of benzene rings is 1. The Kier molecular flexibility index (Phi) is 5.52. The minimum absolute atomic E-state index is 0.131. The number of hydrogen-bond donors (Lipinski definition) is 3. The first kappa shape index (κ1) is 20.7. The molecular weight excluding hydrogens is 400 g/mol. The lowest BCUT2D eigenvalue weighted by Gasteiger charge is -2.28. The summed E-state index contributed by atoms with van der Waals surface area (Å²) < 4.78 is 5.05. The van der Waals surface area contributed by atoms with Gasteiger partial charge >= 0.3 is 18.0 Å². The fourth-order valence-electron chi connectivity index (χ4n) is 3.45. The van der Waals surface area contributed by atoms with E-state index in [4.69, 9.17) is 16.3 Å².